The Labute approximate surface area is 183 Å². The number of nitrogens with zero attached hydrogens (tertiary/aromatic N) is 1. The van der Waals surface area contributed by atoms with Crippen LogP contribution in [0, 0.1) is 17.2 Å². The van der Waals surface area contributed by atoms with Gasteiger partial charge in [-0.3, -0.25) is 14.5 Å². The number of para-hydroxylation sites is 2. The minimum atomic E-state index is -0.596. The highest BCUT2D eigenvalue weighted by atomic mass is 19.1. The van der Waals surface area contributed by atoms with Crippen molar-refractivity contribution in [1.82, 2.24) is 0 Å². The summed E-state index contributed by atoms with van der Waals surface area (Å²) in [6, 6.07) is 13.2. The molecule has 1 heterocycles. The van der Waals surface area contributed by atoms with E-state index in [1.807, 2.05) is 38.1 Å². The van der Waals surface area contributed by atoms with Crippen molar-refractivity contribution in [3.63, 3.8) is 0 Å². The first-order chi connectivity index (χ1) is 14.7. The smallest absolute Gasteiger partial charge is 0.228 e. The van der Waals surface area contributed by atoms with Gasteiger partial charge in [-0.1, -0.05) is 52.0 Å². The van der Waals surface area contributed by atoms with Crippen LogP contribution in [0.25, 0.3) is 0 Å². The van der Waals surface area contributed by atoms with Gasteiger partial charge in [-0.15, -0.1) is 0 Å². The number of carbonyl (C=O) groups excluding carboxylic acids is 2. The van der Waals surface area contributed by atoms with Gasteiger partial charge in [0.25, 0.3) is 0 Å². The van der Waals surface area contributed by atoms with E-state index in [-0.39, 0.29) is 28.8 Å². The number of halogens is 1. The number of carbonyl (C=O) groups is 2. The maximum absolute atomic E-state index is 13.7. The molecule has 0 bridgehead atoms. The summed E-state index contributed by atoms with van der Waals surface area (Å²) in [7, 11) is 0. The van der Waals surface area contributed by atoms with Gasteiger partial charge < -0.3 is 5.32 Å². The third-order valence-corrected chi connectivity index (χ3v) is 5.94. The molecule has 0 aromatic heterocycles. The van der Waals surface area contributed by atoms with E-state index in [0.717, 1.165) is 22.6 Å². The second kappa shape index (κ2) is 7.95. The number of fused-ring (bicyclic) bond motifs is 1. The van der Waals surface area contributed by atoms with Crippen LogP contribution >= 0.6 is 0 Å². The minimum Gasteiger partial charge on any atom is -0.357 e. The Bertz CT molecular complexity index is 1050. The van der Waals surface area contributed by atoms with Crippen LogP contribution in [0.4, 0.5) is 15.8 Å². The summed E-state index contributed by atoms with van der Waals surface area (Å²) in [4.78, 5) is 28.8. The predicted molar refractivity (Wildman–Crippen MR) is 121 cm³/mol. The van der Waals surface area contributed by atoms with Gasteiger partial charge in [-0.05, 0) is 47.6 Å². The lowest BCUT2D eigenvalue weighted by Crippen LogP contribution is -2.40. The second-order valence-electron chi connectivity index (χ2n) is 9.79. The number of rotatable bonds is 3. The quantitative estimate of drug-likeness (QED) is 0.661. The number of hydrogen-bond donors (Lipinski definition) is 1. The molecule has 4 rings (SSSR count). The summed E-state index contributed by atoms with van der Waals surface area (Å²) in [5, 5.41) is 3.49. The topological polar surface area (TPSA) is 49.4 Å². The van der Waals surface area contributed by atoms with Crippen LogP contribution in [0.15, 0.2) is 59.8 Å². The molecule has 31 heavy (non-hydrogen) atoms. The van der Waals surface area contributed by atoms with Gasteiger partial charge in [-0.2, -0.15) is 0 Å². The highest BCUT2D eigenvalue weighted by molar-refractivity contribution is 6.06. The van der Waals surface area contributed by atoms with Crippen LogP contribution in [0.1, 0.15) is 58.6 Å². The van der Waals surface area contributed by atoms with E-state index in [0.29, 0.717) is 24.8 Å². The Balaban J connectivity index is 1.98. The summed E-state index contributed by atoms with van der Waals surface area (Å²) in [5.41, 5.74) is 3.56. The van der Waals surface area contributed by atoms with Crippen molar-refractivity contribution in [1.29, 1.82) is 0 Å². The van der Waals surface area contributed by atoms with Crippen LogP contribution < -0.4 is 10.2 Å². The van der Waals surface area contributed by atoms with Gasteiger partial charge in [0.05, 0.1) is 17.4 Å². The molecule has 1 N–H and O–H groups in total. The highest BCUT2D eigenvalue weighted by Crippen LogP contribution is 2.48. The first-order valence-electron chi connectivity index (χ1n) is 10.9. The highest BCUT2D eigenvalue weighted by Gasteiger charge is 2.43. The molecule has 2 aromatic carbocycles. The fourth-order valence-corrected chi connectivity index (χ4v) is 4.67. The molecule has 1 aliphatic heterocycles. The zero-order valence-corrected chi connectivity index (χ0v) is 18.5. The molecule has 0 unspecified atom stereocenters. The maximum Gasteiger partial charge on any atom is 0.228 e. The predicted octanol–water partition coefficient (Wildman–Crippen LogP) is 6.01. The molecule has 1 aliphatic carbocycles. The zero-order valence-electron chi connectivity index (χ0n) is 18.5. The molecule has 0 saturated carbocycles. The van der Waals surface area contributed by atoms with Crippen molar-refractivity contribution in [2.24, 2.45) is 11.3 Å². The molecular weight excluding hydrogens is 391 g/mol. The summed E-state index contributed by atoms with van der Waals surface area (Å²) < 4.78 is 13.7. The molecule has 4 nitrogen and oxygen atoms in total. The first-order valence-corrected chi connectivity index (χ1v) is 10.9. The van der Waals surface area contributed by atoms with E-state index >= 15 is 0 Å². The van der Waals surface area contributed by atoms with Crippen molar-refractivity contribution >= 4 is 23.1 Å². The van der Waals surface area contributed by atoms with E-state index in [1.54, 1.807) is 17.0 Å². The van der Waals surface area contributed by atoms with Gasteiger partial charge in [0, 0.05) is 24.1 Å². The Morgan fingerprint density at radius 1 is 1.13 bits per heavy atom. The molecule has 5 heteroatoms. The average molecular weight is 421 g/mol. The summed E-state index contributed by atoms with van der Waals surface area (Å²) >= 11 is 0. The van der Waals surface area contributed by atoms with Crippen molar-refractivity contribution in [3.8, 4) is 0 Å². The maximum atomic E-state index is 13.7. The van der Waals surface area contributed by atoms with Crippen molar-refractivity contribution in [2.75, 3.05) is 10.2 Å². The van der Waals surface area contributed by atoms with Crippen molar-refractivity contribution < 1.29 is 14.0 Å². The number of Topliss-reactive ketones (excluding diaryl/α,β-unsaturated/α-hetero) is 1. The minimum absolute atomic E-state index is 0.0308. The van der Waals surface area contributed by atoms with Crippen LogP contribution in [0.3, 0.4) is 0 Å². The van der Waals surface area contributed by atoms with E-state index in [2.05, 4.69) is 19.2 Å². The van der Waals surface area contributed by atoms with E-state index in [9.17, 15) is 14.0 Å². The average Bonchev–Trinajstić information content (AvgIpc) is 2.81. The number of anilines is 2. The zero-order chi connectivity index (χ0) is 22.3. The van der Waals surface area contributed by atoms with Crippen LogP contribution in [-0.2, 0) is 9.59 Å². The van der Waals surface area contributed by atoms with Gasteiger partial charge >= 0.3 is 0 Å². The largest absolute Gasteiger partial charge is 0.357 e. The number of nitrogens with one attached hydrogen (secondary N) is 1. The molecular formula is C26H29FN2O2. The van der Waals surface area contributed by atoms with Crippen LogP contribution in [0.2, 0.25) is 0 Å². The normalized spacial score (nSPS) is 20.1. The Morgan fingerprint density at radius 3 is 2.48 bits per heavy atom. The summed E-state index contributed by atoms with van der Waals surface area (Å²) in [6.45, 7) is 8.18. The monoisotopic (exact) mass is 420 g/mol. The molecule has 2 aliphatic rings. The third-order valence-electron chi connectivity index (χ3n) is 5.94. The molecule has 2 aromatic rings. The standard InChI is InChI=1S/C26H29FN2O2/c1-16(2)13-23(31)29-21-8-6-5-7-19(21)28-20-14-26(3,4)15-22(30)24(20)25(29)17-9-11-18(27)12-10-17/h5-12,16,25,28H,13-15H2,1-4H3/t25-/m1/s1. The first kappa shape index (κ1) is 21.3. The van der Waals surface area contributed by atoms with E-state index < -0.39 is 6.04 Å². The number of allylic oxidation sites excluding steroid dienone is 1. The molecule has 162 valence electrons. The lowest BCUT2D eigenvalue weighted by molar-refractivity contribution is -0.120. The molecule has 1 amide bonds. The number of amides is 1. The van der Waals surface area contributed by atoms with Crippen molar-refractivity contribution in [3.05, 3.63) is 71.2 Å². The number of ketones is 1. The van der Waals surface area contributed by atoms with Crippen molar-refractivity contribution in [2.45, 2.75) is 53.0 Å². The van der Waals surface area contributed by atoms with Crippen LogP contribution in [-0.4, -0.2) is 11.7 Å². The van der Waals surface area contributed by atoms with Gasteiger partial charge in [-0.25, -0.2) is 4.39 Å². The lowest BCUT2D eigenvalue weighted by Gasteiger charge is -2.37. The fourth-order valence-electron chi connectivity index (χ4n) is 4.67. The van der Waals surface area contributed by atoms with Gasteiger partial charge in [0.15, 0.2) is 5.78 Å². The molecule has 0 spiro atoms. The molecule has 0 saturated heterocycles. The molecule has 0 radical (unpaired) electrons. The number of benzene rings is 2. The summed E-state index contributed by atoms with van der Waals surface area (Å²) in [6.07, 6.45) is 1.47. The lowest BCUT2D eigenvalue weighted by atomic mass is 9.73. The Morgan fingerprint density at radius 2 is 1.81 bits per heavy atom. The Hall–Kier alpha value is -2.95. The molecule has 1 atom stereocenters. The number of hydrogen-bond acceptors (Lipinski definition) is 3. The Kier molecular flexibility index (Phi) is 5.46. The van der Waals surface area contributed by atoms with Gasteiger partial charge in [0.2, 0.25) is 5.91 Å². The summed E-state index contributed by atoms with van der Waals surface area (Å²) in [5.74, 6) is -0.200. The second-order valence-corrected chi connectivity index (χ2v) is 9.79. The molecule has 0 fully saturated rings. The fraction of sp³-hybridized carbons (Fsp3) is 0.385. The van der Waals surface area contributed by atoms with E-state index in [1.165, 1.54) is 12.1 Å². The third kappa shape index (κ3) is 4.14. The van der Waals surface area contributed by atoms with E-state index in [4.69, 9.17) is 0 Å². The SMILES string of the molecule is CC(C)CC(=O)N1c2ccccc2NC2=C(C(=O)CC(C)(C)C2)[C@H]1c1ccc(F)cc1. The van der Waals surface area contributed by atoms with Gasteiger partial charge in [0.1, 0.15) is 5.82 Å². The van der Waals surface area contributed by atoms with Crippen LogP contribution in [0.5, 0.6) is 0 Å².